The van der Waals surface area contributed by atoms with Gasteiger partial charge in [0, 0.05) is 5.92 Å². The van der Waals surface area contributed by atoms with E-state index in [0.717, 1.165) is 11.1 Å². The molecule has 2 nitrogen and oxygen atoms in total. The fourth-order valence-electron chi connectivity index (χ4n) is 1.64. The quantitative estimate of drug-likeness (QED) is 0.722. The number of hydrogen-bond donors (Lipinski definition) is 1. The minimum Gasteiger partial charge on any atom is -0.232 e. The van der Waals surface area contributed by atoms with Crippen molar-refractivity contribution in [2.24, 2.45) is 0 Å². The standard InChI is InChI=1S/C10H10O2S/c11-13(12)7-9-6-5-8-3-1-2-4-10(8)9/h1-6,9,13H,7H2. The zero-order chi connectivity index (χ0) is 9.26. The lowest BCUT2D eigenvalue weighted by Gasteiger charge is -2.05. The molecule has 0 heterocycles. The van der Waals surface area contributed by atoms with Gasteiger partial charge in [-0.25, -0.2) is 8.42 Å². The number of benzene rings is 1. The van der Waals surface area contributed by atoms with Gasteiger partial charge in [-0.15, -0.1) is 0 Å². The Bertz CT molecular complexity index is 411. The van der Waals surface area contributed by atoms with Crippen LogP contribution in [-0.4, -0.2) is 14.2 Å². The molecule has 0 aromatic heterocycles. The average Bonchev–Trinajstić information content (AvgIpc) is 2.48. The summed E-state index contributed by atoms with van der Waals surface area (Å²) in [6.07, 6.45) is 3.94. The van der Waals surface area contributed by atoms with E-state index >= 15 is 0 Å². The van der Waals surface area contributed by atoms with Crippen molar-refractivity contribution < 1.29 is 8.42 Å². The number of hydrogen-bond acceptors (Lipinski definition) is 2. The van der Waals surface area contributed by atoms with Crippen molar-refractivity contribution in [3.05, 3.63) is 41.5 Å². The molecule has 68 valence electrons. The largest absolute Gasteiger partial charge is 0.232 e. The Balaban J connectivity index is 2.33. The van der Waals surface area contributed by atoms with Gasteiger partial charge in [-0.3, -0.25) is 0 Å². The third kappa shape index (κ3) is 1.65. The van der Waals surface area contributed by atoms with Crippen LogP contribution in [0.2, 0.25) is 0 Å². The molecular weight excluding hydrogens is 184 g/mol. The van der Waals surface area contributed by atoms with Crippen molar-refractivity contribution in [2.45, 2.75) is 5.92 Å². The SMILES string of the molecule is O=[SH](=O)CC1C=Cc2ccccc21. The number of fused-ring (bicyclic) bond motifs is 1. The van der Waals surface area contributed by atoms with Crippen LogP contribution in [0.5, 0.6) is 0 Å². The second kappa shape index (κ2) is 3.34. The van der Waals surface area contributed by atoms with Crippen molar-refractivity contribution >= 4 is 16.8 Å². The summed E-state index contributed by atoms with van der Waals surface area (Å²) in [6.45, 7) is 0. The highest BCUT2D eigenvalue weighted by molar-refractivity contribution is 7.72. The summed E-state index contributed by atoms with van der Waals surface area (Å²) in [7, 11) is -2.29. The van der Waals surface area contributed by atoms with Crippen LogP contribution in [0.25, 0.3) is 6.08 Å². The van der Waals surface area contributed by atoms with Crippen molar-refractivity contribution in [3.63, 3.8) is 0 Å². The van der Waals surface area contributed by atoms with Crippen molar-refractivity contribution in [1.29, 1.82) is 0 Å². The predicted octanol–water partition coefficient (Wildman–Crippen LogP) is 1.41. The van der Waals surface area contributed by atoms with Crippen LogP contribution in [0, 0.1) is 0 Å². The fourth-order valence-corrected chi connectivity index (χ4v) is 2.28. The van der Waals surface area contributed by atoms with Gasteiger partial charge in [0.15, 0.2) is 0 Å². The van der Waals surface area contributed by atoms with Gasteiger partial charge in [-0.2, -0.15) is 0 Å². The molecule has 2 rings (SSSR count). The molecule has 13 heavy (non-hydrogen) atoms. The van der Waals surface area contributed by atoms with Gasteiger partial charge in [-0.1, -0.05) is 36.4 Å². The molecule has 0 bridgehead atoms. The molecule has 1 aromatic rings. The second-order valence-corrected chi connectivity index (χ2v) is 4.14. The number of rotatable bonds is 2. The van der Waals surface area contributed by atoms with Gasteiger partial charge >= 0.3 is 0 Å². The first-order chi connectivity index (χ1) is 6.27. The van der Waals surface area contributed by atoms with E-state index in [9.17, 15) is 8.42 Å². The molecule has 1 aliphatic rings. The van der Waals surface area contributed by atoms with Crippen molar-refractivity contribution in [3.8, 4) is 0 Å². The average molecular weight is 194 g/mol. The van der Waals surface area contributed by atoms with Crippen LogP contribution in [0.15, 0.2) is 30.3 Å². The van der Waals surface area contributed by atoms with E-state index in [1.807, 2.05) is 36.4 Å². The molecule has 0 saturated heterocycles. The van der Waals surface area contributed by atoms with E-state index in [-0.39, 0.29) is 11.7 Å². The highest BCUT2D eigenvalue weighted by Gasteiger charge is 2.16. The van der Waals surface area contributed by atoms with Gasteiger partial charge < -0.3 is 0 Å². The van der Waals surface area contributed by atoms with E-state index in [1.165, 1.54) is 0 Å². The third-order valence-electron chi connectivity index (χ3n) is 2.25. The van der Waals surface area contributed by atoms with E-state index in [1.54, 1.807) is 0 Å². The fraction of sp³-hybridized carbons (Fsp3) is 0.200. The van der Waals surface area contributed by atoms with Gasteiger partial charge in [0.25, 0.3) is 0 Å². The predicted molar refractivity (Wildman–Crippen MR) is 53.4 cm³/mol. The smallest absolute Gasteiger partial charge is 0.141 e. The molecule has 1 unspecified atom stereocenters. The first kappa shape index (κ1) is 8.51. The lowest BCUT2D eigenvalue weighted by Crippen LogP contribution is -2.00. The van der Waals surface area contributed by atoms with Crippen LogP contribution >= 0.6 is 0 Å². The normalized spacial score (nSPS) is 19.3. The molecule has 0 spiro atoms. The summed E-state index contributed by atoms with van der Waals surface area (Å²) in [4.78, 5) is 0. The molecule has 0 amide bonds. The zero-order valence-electron chi connectivity index (χ0n) is 7.01. The van der Waals surface area contributed by atoms with Gasteiger partial charge in [0.05, 0.1) is 5.75 Å². The monoisotopic (exact) mass is 194 g/mol. The molecule has 1 aliphatic carbocycles. The first-order valence-corrected chi connectivity index (χ1v) is 5.52. The summed E-state index contributed by atoms with van der Waals surface area (Å²) in [5.41, 5.74) is 2.27. The molecule has 0 radical (unpaired) electrons. The van der Waals surface area contributed by atoms with Crippen molar-refractivity contribution in [1.82, 2.24) is 0 Å². The summed E-state index contributed by atoms with van der Waals surface area (Å²) in [5.74, 6) is 0.292. The number of allylic oxidation sites excluding steroid dienone is 1. The molecule has 0 N–H and O–H groups in total. The summed E-state index contributed by atoms with van der Waals surface area (Å²) < 4.78 is 21.1. The van der Waals surface area contributed by atoms with E-state index in [4.69, 9.17) is 0 Å². The molecule has 1 aromatic carbocycles. The zero-order valence-corrected chi connectivity index (χ0v) is 7.91. The lowest BCUT2D eigenvalue weighted by molar-refractivity contribution is 0.612. The summed E-state index contributed by atoms with van der Waals surface area (Å²) in [5, 5.41) is 0. The summed E-state index contributed by atoms with van der Waals surface area (Å²) >= 11 is 0. The minimum atomic E-state index is -2.29. The van der Waals surface area contributed by atoms with E-state index in [0.29, 0.717) is 0 Å². The topological polar surface area (TPSA) is 34.1 Å². The summed E-state index contributed by atoms with van der Waals surface area (Å²) in [6, 6.07) is 7.89. The van der Waals surface area contributed by atoms with Gasteiger partial charge in [-0.05, 0) is 11.1 Å². The number of thiol groups is 1. The molecular formula is C10H10O2S. The second-order valence-electron chi connectivity index (χ2n) is 3.11. The molecule has 1 atom stereocenters. The van der Waals surface area contributed by atoms with E-state index in [2.05, 4.69) is 0 Å². The van der Waals surface area contributed by atoms with Crippen LogP contribution in [0.3, 0.4) is 0 Å². The maximum Gasteiger partial charge on any atom is 0.141 e. The maximum absolute atomic E-state index is 10.6. The van der Waals surface area contributed by atoms with E-state index < -0.39 is 10.7 Å². The maximum atomic E-state index is 10.6. The van der Waals surface area contributed by atoms with Crippen LogP contribution in [0.4, 0.5) is 0 Å². The van der Waals surface area contributed by atoms with Gasteiger partial charge in [0.2, 0.25) is 0 Å². The Labute approximate surface area is 78.9 Å². The third-order valence-corrected chi connectivity index (χ3v) is 2.94. The van der Waals surface area contributed by atoms with Crippen molar-refractivity contribution in [2.75, 3.05) is 5.75 Å². The molecule has 3 heteroatoms. The first-order valence-electron chi connectivity index (χ1n) is 4.16. The Morgan fingerprint density at radius 1 is 1.23 bits per heavy atom. The molecule has 0 saturated carbocycles. The highest BCUT2D eigenvalue weighted by Crippen LogP contribution is 2.29. The van der Waals surface area contributed by atoms with Crippen LogP contribution < -0.4 is 0 Å². The highest BCUT2D eigenvalue weighted by atomic mass is 32.2. The minimum absolute atomic E-state index is 0.0670. The molecule has 0 aliphatic heterocycles. The van der Waals surface area contributed by atoms with Crippen LogP contribution in [0.1, 0.15) is 17.0 Å². The Morgan fingerprint density at radius 3 is 2.77 bits per heavy atom. The Hall–Kier alpha value is -1.09. The molecule has 0 fully saturated rings. The van der Waals surface area contributed by atoms with Gasteiger partial charge in [0.1, 0.15) is 10.7 Å². The lowest BCUT2D eigenvalue weighted by atomic mass is 10.0. The Morgan fingerprint density at radius 2 is 2.00 bits per heavy atom. The Kier molecular flexibility index (Phi) is 2.19. The van der Waals surface area contributed by atoms with Crippen LogP contribution in [-0.2, 0) is 10.7 Å².